The van der Waals surface area contributed by atoms with Crippen molar-refractivity contribution in [1.82, 2.24) is 9.13 Å². The first-order chi connectivity index (χ1) is 10.7. The van der Waals surface area contributed by atoms with Crippen LogP contribution in [0.1, 0.15) is 25.0 Å². The van der Waals surface area contributed by atoms with Crippen LogP contribution in [0.5, 0.6) is 0 Å². The third-order valence-electron chi connectivity index (χ3n) is 3.91. The Balaban J connectivity index is 2.04. The average Bonchev–Trinajstić information content (AvgIpc) is 2.82. The van der Waals surface area contributed by atoms with E-state index >= 15 is 0 Å². The normalized spacial score (nSPS) is 12.6. The van der Waals surface area contributed by atoms with E-state index in [1.807, 2.05) is 54.6 Å². The van der Waals surface area contributed by atoms with Gasteiger partial charge in [-0.05, 0) is 24.1 Å². The van der Waals surface area contributed by atoms with E-state index in [0.717, 1.165) is 23.0 Å². The first kappa shape index (κ1) is 14.6. The van der Waals surface area contributed by atoms with Crippen LogP contribution in [0.2, 0.25) is 0 Å². The quantitative estimate of drug-likeness (QED) is 0.787. The second kappa shape index (κ2) is 6.20. The largest absolute Gasteiger partial charge is 0.387 e. The molecule has 0 aliphatic heterocycles. The minimum absolute atomic E-state index is 0.0574. The van der Waals surface area contributed by atoms with Crippen LogP contribution in [0.4, 0.5) is 0 Å². The molecule has 0 fully saturated rings. The van der Waals surface area contributed by atoms with Crippen molar-refractivity contribution in [2.45, 2.75) is 32.5 Å². The maximum absolute atomic E-state index is 12.7. The summed E-state index contributed by atoms with van der Waals surface area (Å²) < 4.78 is 3.45. The van der Waals surface area contributed by atoms with E-state index in [0.29, 0.717) is 6.54 Å². The van der Waals surface area contributed by atoms with E-state index in [9.17, 15) is 9.90 Å². The van der Waals surface area contributed by atoms with Crippen molar-refractivity contribution in [1.29, 1.82) is 0 Å². The second-order valence-electron chi connectivity index (χ2n) is 5.46. The zero-order valence-corrected chi connectivity index (χ0v) is 12.6. The Labute approximate surface area is 129 Å². The predicted molar refractivity (Wildman–Crippen MR) is 87.9 cm³/mol. The van der Waals surface area contributed by atoms with Crippen LogP contribution < -0.4 is 5.69 Å². The van der Waals surface area contributed by atoms with Gasteiger partial charge in [-0.25, -0.2) is 4.79 Å². The minimum atomic E-state index is -0.695. The van der Waals surface area contributed by atoms with Gasteiger partial charge < -0.3 is 5.11 Å². The Hall–Kier alpha value is -2.33. The van der Waals surface area contributed by atoms with Crippen LogP contribution in [0.25, 0.3) is 11.0 Å². The molecule has 0 saturated carbocycles. The van der Waals surface area contributed by atoms with Gasteiger partial charge in [-0.3, -0.25) is 9.13 Å². The Kier molecular flexibility index (Phi) is 4.11. The number of nitrogens with zero attached hydrogens (tertiary/aromatic N) is 2. The number of aromatic nitrogens is 2. The van der Waals surface area contributed by atoms with Crippen molar-refractivity contribution in [3.8, 4) is 0 Å². The summed E-state index contributed by atoms with van der Waals surface area (Å²) in [5.41, 5.74) is 2.56. The lowest BCUT2D eigenvalue weighted by Crippen LogP contribution is -2.26. The van der Waals surface area contributed by atoms with E-state index < -0.39 is 6.10 Å². The molecule has 0 aliphatic rings. The fraction of sp³-hybridized carbons (Fsp3) is 0.278. The molecule has 4 nitrogen and oxygen atoms in total. The van der Waals surface area contributed by atoms with Gasteiger partial charge in [0.2, 0.25) is 0 Å². The number of benzene rings is 2. The van der Waals surface area contributed by atoms with Crippen molar-refractivity contribution in [2.24, 2.45) is 0 Å². The summed E-state index contributed by atoms with van der Waals surface area (Å²) in [5, 5.41) is 10.4. The first-order valence-electron chi connectivity index (χ1n) is 7.63. The van der Waals surface area contributed by atoms with E-state index in [1.165, 1.54) is 0 Å². The molecule has 3 aromatic rings. The summed E-state index contributed by atoms with van der Waals surface area (Å²) in [6, 6.07) is 17.2. The van der Waals surface area contributed by atoms with Gasteiger partial charge in [0, 0.05) is 6.54 Å². The van der Waals surface area contributed by atoms with Crippen molar-refractivity contribution in [3.05, 3.63) is 70.6 Å². The predicted octanol–water partition coefficient (Wildman–Crippen LogP) is 2.95. The maximum atomic E-state index is 12.7. The Morgan fingerprint density at radius 3 is 2.18 bits per heavy atom. The first-order valence-corrected chi connectivity index (χ1v) is 7.63. The van der Waals surface area contributed by atoms with Gasteiger partial charge in [-0.1, -0.05) is 49.4 Å². The molecular weight excluding hydrogens is 276 g/mol. The third-order valence-corrected chi connectivity index (χ3v) is 3.91. The van der Waals surface area contributed by atoms with E-state index in [4.69, 9.17) is 0 Å². The minimum Gasteiger partial charge on any atom is -0.387 e. The average molecular weight is 296 g/mol. The lowest BCUT2D eigenvalue weighted by molar-refractivity contribution is 0.156. The van der Waals surface area contributed by atoms with Gasteiger partial charge in [0.05, 0.1) is 23.7 Å². The van der Waals surface area contributed by atoms with Gasteiger partial charge in [-0.2, -0.15) is 0 Å². The molecule has 4 heteroatoms. The molecule has 0 bridgehead atoms. The highest BCUT2D eigenvalue weighted by atomic mass is 16.3. The van der Waals surface area contributed by atoms with Crippen molar-refractivity contribution >= 4 is 11.0 Å². The molecule has 22 heavy (non-hydrogen) atoms. The molecule has 2 aromatic carbocycles. The molecule has 0 radical (unpaired) electrons. The molecule has 1 heterocycles. The van der Waals surface area contributed by atoms with E-state index in [-0.39, 0.29) is 12.2 Å². The fourth-order valence-electron chi connectivity index (χ4n) is 2.84. The second-order valence-corrected chi connectivity index (χ2v) is 5.46. The zero-order chi connectivity index (χ0) is 15.5. The number of aliphatic hydroxyl groups is 1. The number of hydrogen-bond acceptors (Lipinski definition) is 2. The van der Waals surface area contributed by atoms with Crippen LogP contribution in [0.15, 0.2) is 59.4 Å². The summed E-state index contributed by atoms with van der Waals surface area (Å²) in [5.74, 6) is 0. The van der Waals surface area contributed by atoms with Crippen LogP contribution in [-0.2, 0) is 13.1 Å². The smallest absolute Gasteiger partial charge is 0.329 e. The van der Waals surface area contributed by atoms with E-state index in [1.54, 1.807) is 9.13 Å². The zero-order valence-electron chi connectivity index (χ0n) is 12.6. The molecule has 1 atom stereocenters. The molecule has 0 amide bonds. The fourth-order valence-corrected chi connectivity index (χ4v) is 2.84. The molecule has 0 aliphatic carbocycles. The Morgan fingerprint density at radius 1 is 0.955 bits per heavy atom. The maximum Gasteiger partial charge on any atom is 0.329 e. The topological polar surface area (TPSA) is 47.2 Å². The van der Waals surface area contributed by atoms with Gasteiger partial charge in [0.15, 0.2) is 0 Å². The van der Waals surface area contributed by atoms with Gasteiger partial charge in [0.1, 0.15) is 0 Å². The highest BCUT2D eigenvalue weighted by molar-refractivity contribution is 5.76. The molecule has 114 valence electrons. The lowest BCUT2D eigenvalue weighted by Gasteiger charge is -2.11. The molecule has 0 unspecified atom stereocenters. The molecule has 0 saturated heterocycles. The van der Waals surface area contributed by atoms with Crippen LogP contribution in [0.3, 0.4) is 0 Å². The summed E-state index contributed by atoms with van der Waals surface area (Å²) in [4.78, 5) is 12.7. The van der Waals surface area contributed by atoms with Crippen LogP contribution >= 0.6 is 0 Å². The number of imidazole rings is 1. The highest BCUT2D eigenvalue weighted by Crippen LogP contribution is 2.18. The third kappa shape index (κ3) is 2.57. The van der Waals surface area contributed by atoms with Gasteiger partial charge in [0.25, 0.3) is 0 Å². The van der Waals surface area contributed by atoms with Crippen LogP contribution in [-0.4, -0.2) is 14.2 Å². The molecule has 1 N–H and O–H groups in total. The van der Waals surface area contributed by atoms with Crippen molar-refractivity contribution < 1.29 is 5.11 Å². The number of aliphatic hydroxyl groups excluding tert-OH is 1. The molecular formula is C18H20N2O2. The Morgan fingerprint density at radius 2 is 1.55 bits per heavy atom. The number of aryl methyl sites for hydroxylation is 1. The van der Waals surface area contributed by atoms with Crippen molar-refractivity contribution in [3.63, 3.8) is 0 Å². The van der Waals surface area contributed by atoms with Crippen LogP contribution in [0, 0.1) is 0 Å². The SMILES string of the molecule is CCCn1c(=O)n(C[C@H](O)c2ccccc2)c2ccccc21. The van der Waals surface area contributed by atoms with Gasteiger partial charge >= 0.3 is 5.69 Å². The summed E-state index contributed by atoms with van der Waals surface area (Å²) in [6.45, 7) is 3.01. The lowest BCUT2D eigenvalue weighted by atomic mass is 10.1. The summed E-state index contributed by atoms with van der Waals surface area (Å²) in [6.07, 6.45) is 0.203. The molecule has 0 spiro atoms. The number of fused-ring (bicyclic) bond motifs is 1. The van der Waals surface area contributed by atoms with Crippen molar-refractivity contribution in [2.75, 3.05) is 0 Å². The molecule has 1 aromatic heterocycles. The van der Waals surface area contributed by atoms with E-state index in [2.05, 4.69) is 6.92 Å². The number of para-hydroxylation sites is 2. The molecule has 3 rings (SSSR count). The summed E-state index contributed by atoms with van der Waals surface area (Å²) in [7, 11) is 0. The van der Waals surface area contributed by atoms with Gasteiger partial charge in [-0.15, -0.1) is 0 Å². The number of hydrogen-bond donors (Lipinski definition) is 1. The number of rotatable bonds is 5. The Bertz CT molecular complexity index is 818. The monoisotopic (exact) mass is 296 g/mol. The standard InChI is InChI=1S/C18H20N2O2/c1-2-12-19-15-10-6-7-11-16(15)20(18(19)22)13-17(21)14-8-4-3-5-9-14/h3-11,17,21H,2,12-13H2,1H3/t17-/m0/s1. The summed E-state index contributed by atoms with van der Waals surface area (Å²) >= 11 is 0. The highest BCUT2D eigenvalue weighted by Gasteiger charge is 2.16.